The van der Waals surface area contributed by atoms with Crippen LogP contribution in [0.5, 0.6) is 5.75 Å². The lowest BCUT2D eigenvalue weighted by Crippen LogP contribution is -2.47. The predicted octanol–water partition coefficient (Wildman–Crippen LogP) is 2.61. The van der Waals surface area contributed by atoms with Crippen molar-refractivity contribution < 1.29 is 14.3 Å². The van der Waals surface area contributed by atoms with E-state index in [2.05, 4.69) is 24.4 Å². The van der Waals surface area contributed by atoms with Gasteiger partial charge in [0.25, 0.3) is 5.91 Å². The highest BCUT2D eigenvalue weighted by Gasteiger charge is 2.22. The van der Waals surface area contributed by atoms with E-state index in [4.69, 9.17) is 10.5 Å². The van der Waals surface area contributed by atoms with E-state index >= 15 is 0 Å². The predicted molar refractivity (Wildman–Crippen MR) is 97.6 cm³/mol. The van der Waals surface area contributed by atoms with Crippen molar-refractivity contribution in [3.8, 4) is 5.75 Å². The highest BCUT2D eigenvalue weighted by Crippen LogP contribution is 2.17. The fourth-order valence-corrected chi connectivity index (χ4v) is 2.63. The molecule has 0 fully saturated rings. The molecular weight excluding hydrogens is 316 g/mol. The molecule has 2 rings (SSSR count). The van der Waals surface area contributed by atoms with Crippen LogP contribution in [0.1, 0.15) is 35.3 Å². The van der Waals surface area contributed by atoms with E-state index in [0.717, 1.165) is 6.42 Å². The number of ether oxygens (including phenoxy) is 1. The number of nitrogens with two attached hydrogens (primary N) is 1. The number of primary amides is 1. The van der Waals surface area contributed by atoms with Crippen molar-refractivity contribution in [2.45, 2.75) is 32.7 Å². The zero-order chi connectivity index (χ0) is 18.4. The van der Waals surface area contributed by atoms with Gasteiger partial charge in [0.05, 0.1) is 0 Å². The molecule has 0 bridgehead atoms. The third kappa shape index (κ3) is 5.64. The largest absolute Gasteiger partial charge is 0.484 e. The minimum atomic E-state index is -0.533. The molecule has 2 aromatic rings. The normalized spacial score (nSPS) is 11.0. The van der Waals surface area contributed by atoms with E-state index in [0.29, 0.717) is 11.3 Å². The molecule has 25 heavy (non-hydrogen) atoms. The molecule has 0 saturated heterocycles. The van der Waals surface area contributed by atoms with E-state index in [-0.39, 0.29) is 12.5 Å². The number of amides is 2. The molecular formula is C20H24N2O3. The van der Waals surface area contributed by atoms with Gasteiger partial charge >= 0.3 is 0 Å². The summed E-state index contributed by atoms with van der Waals surface area (Å²) in [6, 6.07) is 14.6. The number of hydrogen-bond donors (Lipinski definition) is 2. The Labute approximate surface area is 148 Å². The van der Waals surface area contributed by atoms with Crippen molar-refractivity contribution in [3.05, 3.63) is 65.2 Å². The zero-order valence-corrected chi connectivity index (χ0v) is 14.8. The van der Waals surface area contributed by atoms with Crippen molar-refractivity contribution in [1.29, 1.82) is 0 Å². The van der Waals surface area contributed by atoms with Gasteiger partial charge in [0.2, 0.25) is 5.91 Å². The van der Waals surface area contributed by atoms with Crippen LogP contribution in [-0.4, -0.2) is 24.0 Å². The lowest BCUT2D eigenvalue weighted by Gasteiger charge is -2.27. The molecule has 0 aliphatic heterocycles. The molecule has 0 radical (unpaired) electrons. The summed E-state index contributed by atoms with van der Waals surface area (Å²) in [7, 11) is 0. The van der Waals surface area contributed by atoms with Crippen LogP contribution >= 0.6 is 0 Å². The van der Waals surface area contributed by atoms with Crippen molar-refractivity contribution in [3.63, 3.8) is 0 Å². The van der Waals surface area contributed by atoms with E-state index in [1.54, 1.807) is 18.2 Å². The van der Waals surface area contributed by atoms with Gasteiger partial charge in [-0.2, -0.15) is 0 Å². The summed E-state index contributed by atoms with van der Waals surface area (Å²) in [4.78, 5) is 23.4. The van der Waals surface area contributed by atoms with Crippen LogP contribution in [0.15, 0.2) is 48.5 Å². The Morgan fingerprint density at radius 3 is 2.52 bits per heavy atom. The van der Waals surface area contributed by atoms with Crippen molar-refractivity contribution in [2.24, 2.45) is 5.73 Å². The lowest BCUT2D eigenvalue weighted by atomic mass is 9.92. The topological polar surface area (TPSA) is 81.4 Å². The molecule has 0 aliphatic carbocycles. The first-order chi connectivity index (χ1) is 11.8. The second-order valence-electron chi connectivity index (χ2n) is 6.72. The quantitative estimate of drug-likeness (QED) is 0.813. The molecule has 2 amide bonds. The van der Waals surface area contributed by atoms with Gasteiger partial charge in [-0.3, -0.25) is 9.59 Å². The molecule has 0 heterocycles. The number of aryl methyl sites for hydroxylation is 1. The zero-order valence-electron chi connectivity index (χ0n) is 14.8. The minimum absolute atomic E-state index is 0.126. The van der Waals surface area contributed by atoms with Crippen LogP contribution in [0.4, 0.5) is 0 Å². The van der Waals surface area contributed by atoms with Gasteiger partial charge in [0.1, 0.15) is 5.75 Å². The first-order valence-electron chi connectivity index (χ1n) is 8.15. The molecule has 2 aromatic carbocycles. The van der Waals surface area contributed by atoms with Gasteiger partial charge in [-0.1, -0.05) is 30.3 Å². The number of carbonyl (C=O) groups excluding carboxylic acids is 2. The standard InChI is InChI=1S/C20H24N2O3/c1-14-7-4-5-8-16(14)12-20(2,3)22-18(23)13-25-17-10-6-9-15(11-17)19(21)24/h4-11H,12-13H2,1-3H3,(H2,21,24)(H,22,23). The molecule has 0 aliphatic rings. The van der Waals surface area contributed by atoms with E-state index < -0.39 is 11.4 Å². The molecule has 0 saturated carbocycles. The van der Waals surface area contributed by atoms with Crippen LogP contribution in [0, 0.1) is 6.92 Å². The Hall–Kier alpha value is -2.82. The van der Waals surface area contributed by atoms with Crippen LogP contribution in [0.3, 0.4) is 0 Å². The monoisotopic (exact) mass is 340 g/mol. The van der Waals surface area contributed by atoms with Gasteiger partial charge in [-0.15, -0.1) is 0 Å². The summed E-state index contributed by atoms with van der Waals surface area (Å²) in [5.41, 5.74) is 7.57. The Morgan fingerprint density at radius 1 is 1.12 bits per heavy atom. The van der Waals surface area contributed by atoms with E-state index in [1.807, 2.05) is 26.0 Å². The van der Waals surface area contributed by atoms with Gasteiger partial charge in [0.15, 0.2) is 6.61 Å². The number of nitrogens with one attached hydrogen (secondary N) is 1. The van der Waals surface area contributed by atoms with Gasteiger partial charge in [0, 0.05) is 11.1 Å². The summed E-state index contributed by atoms with van der Waals surface area (Å²) in [6.45, 7) is 5.89. The van der Waals surface area contributed by atoms with Crippen LogP contribution in [0.2, 0.25) is 0 Å². The maximum Gasteiger partial charge on any atom is 0.258 e. The maximum atomic E-state index is 12.2. The number of benzene rings is 2. The van der Waals surface area contributed by atoms with Crippen LogP contribution < -0.4 is 15.8 Å². The number of carbonyl (C=O) groups is 2. The number of rotatable bonds is 7. The first-order valence-corrected chi connectivity index (χ1v) is 8.15. The van der Waals surface area contributed by atoms with Gasteiger partial charge in [-0.05, 0) is 56.5 Å². The molecule has 5 heteroatoms. The minimum Gasteiger partial charge on any atom is -0.484 e. The molecule has 0 unspecified atom stereocenters. The molecule has 0 spiro atoms. The van der Waals surface area contributed by atoms with E-state index in [9.17, 15) is 9.59 Å². The number of hydrogen-bond acceptors (Lipinski definition) is 3. The van der Waals surface area contributed by atoms with Crippen molar-refractivity contribution >= 4 is 11.8 Å². The van der Waals surface area contributed by atoms with E-state index in [1.165, 1.54) is 17.2 Å². The molecule has 3 N–H and O–H groups in total. The lowest BCUT2D eigenvalue weighted by molar-refractivity contribution is -0.124. The smallest absolute Gasteiger partial charge is 0.258 e. The van der Waals surface area contributed by atoms with Gasteiger partial charge < -0.3 is 15.8 Å². The molecule has 132 valence electrons. The Bertz CT molecular complexity index is 769. The third-order valence-electron chi connectivity index (χ3n) is 3.86. The first kappa shape index (κ1) is 18.5. The van der Waals surface area contributed by atoms with Crippen molar-refractivity contribution in [2.75, 3.05) is 6.61 Å². The Kier molecular flexibility index (Phi) is 5.80. The fourth-order valence-electron chi connectivity index (χ4n) is 2.63. The summed E-state index contributed by atoms with van der Waals surface area (Å²) < 4.78 is 5.46. The molecule has 0 aromatic heterocycles. The second-order valence-corrected chi connectivity index (χ2v) is 6.72. The summed E-state index contributed by atoms with van der Waals surface area (Å²) >= 11 is 0. The van der Waals surface area contributed by atoms with Crippen molar-refractivity contribution in [1.82, 2.24) is 5.32 Å². The Morgan fingerprint density at radius 2 is 1.84 bits per heavy atom. The molecule has 0 atom stereocenters. The highest BCUT2D eigenvalue weighted by molar-refractivity contribution is 5.93. The average Bonchev–Trinajstić information content (AvgIpc) is 2.55. The molecule has 5 nitrogen and oxygen atoms in total. The van der Waals surface area contributed by atoms with Crippen LogP contribution in [-0.2, 0) is 11.2 Å². The fraction of sp³-hybridized carbons (Fsp3) is 0.300. The second kappa shape index (κ2) is 7.83. The summed E-state index contributed by atoms with van der Waals surface area (Å²) in [5.74, 6) is -0.319. The van der Waals surface area contributed by atoms with Gasteiger partial charge in [-0.25, -0.2) is 0 Å². The highest BCUT2D eigenvalue weighted by atomic mass is 16.5. The average molecular weight is 340 g/mol. The third-order valence-corrected chi connectivity index (χ3v) is 3.86. The SMILES string of the molecule is Cc1ccccc1CC(C)(C)NC(=O)COc1cccc(C(N)=O)c1. The summed E-state index contributed by atoms with van der Waals surface area (Å²) in [5, 5.41) is 2.98. The Balaban J connectivity index is 1.92. The summed E-state index contributed by atoms with van der Waals surface area (Å²) in [6.07, 6.45) is 0.725. The van der Waals surface area contributed by atoms with Crippen LogP contribution in [0.25, 0.3) is 0 Å². The maximum absolute atomic E-state index is 12.2.